The minimum absolute atomic E-state index is 0.270. The van der Waals surface area contributed by atoms with Crippen molar-refractivity contribution in [2.45, 2.75) is 0 Å². The standard InChI is InChI=1S/C19H16ClN3O2S2/c1-22(2)15-8-6-12(7-9-15)10-16-18(25)23(19(26)27-16)21-17(24)13-4-3-5-14(20)11-13/h3-11H,1-2H3,(H,21,24)/b16-10-. The molecule has 2 aromatic carbocycles. The van der Waals surface area contributed by atoms with Gasteiger partial charge in [-0.2, -0.15) is 5.01 Å². The van der Waals surface area contributed by atoms with Gasteiger partial charge >= 0.3 is 0 Å². The molecular weight excluding hydrogens is 402 g/mol. The van der Waals surface area contributed by atoms with Gasteiger partial charge in [0.05, 0.1) is 4.91 Å². The normalized spacial score (nSPS) is 15.4. The third-order valence-electron chi connectivity index (χ3n) is 3.80. The minimum atomic E-state index is -0.453. The van der Waals surface area contributed by atoms with E-state index in [-0.39, 0.29) is 10.2 Å². The average molecular weight is 418 g/mol. The van der Waals surface area contributed by atoms with Gasteiger partial charge in [0.2, 0.25) is 0 Å². The van der Waals surface area contributed by atoms with Crippen molar-refractivity contribution in [3.8, 4) is 0 Å². The molecule has 0 aliphatic carbocycles. The number of halogens is 1. The minimum Gasteiger partial charge on any atom is -0.378 e. The van der Waals surface area contributed by atoms with Gasteiger partial charge in [-0.3, -0.25) is 15.0 Å². The van der Waals surface area contributed by atoms with Crippen LogP contribution in [0.25, 0.3) is 6.08 Å². The SMILES string of the molecule is CN(C)c1ccc(/C=C2\SC(=S)N(NC(=O)c3cccc(Cl)c3)C2=O)cc1. The highest BCUT2D eigenvalue weighted by Crippen LogP contribution is 2.31. The molecule has 8 heteroatoms. The number of thiocarbonyl (C=S) groups is 1. The lowest BCUT2D eigenvalue weighted by Gasteiger charge is -2.15. The van der Waals surface area contributed by atoms with E-state index in [2.05, 4.69) is 5.43 Å². The Kier molecular flexibility index (Phi) is 5.84. The Hall–Kier alpha value is -2.35. The first kappa shape index (κ1) is 19.4. The number of hydrogen-bond acceptors (Lipinski definition) is 5. The number of anilines is 1. The van der Waals surface area contributed by atoms with E-state index in [1.807, 2.05) is 43.3 Å². The van der Waals surface area contributed by atoms with Crippen LogP contribution in [-0.4, -0.2) is 35.2 Å². The maximum absolute atomic E-state index is 12.6. The summed E-state index contributed by atoms with van der Waals surface area (Å²) in [5.74, 6) is -0.817. The van der Waals surface area contributed by atoms with Crippen LogP contribution in [0.5, 0.6) is 0 Å². The number of hydrazine groups is 1. The molecule has 1 aliphatic rings. The van der Waals surface area contributed by atoms with E-state index in [4.69, 9.17) is 23.8 Å². The van der Waals surface area contributed by atoms with Crippen molar-refractivity contribution >= 4 is 63.5 Å². The number of thioether (sulfide) groups is 1. The number of hydrogen-bond donors (Lipinski definition) is 1. The topological polar surface area (TPSA) is 52.6 Å². The third-order valence-corrected chi connectivity index (χ3v) is 5.34. The van der Waals surface area contributed by atoms with Crippen molar-refractivity contribution < 1.29 is 9.59 Å². The molecule has 1 fully saturated rings. The highest BCUT2D eigenvalue weighted by Gasteiger charge is 2.33. The Balaban J connectivity index is 1.75. The molecule has 0 unspecified atom stereocenters. The van der Waals surface area contributed by atoms with Gasteiger partial charge in [-0.15, -0.1) is 0 Å². The largest absolute Gasteiger partial charge is 0.378 e. The summed E-state index contributed by atoms with van der Waals surface area (Å²) < 4.78 is 0.270. The number of carbonyl (C=O) groups excluding carboxylic acids is 2. The predicted octanol–water partition coefficient (Wildman–Crippen LogP) is 3.95. The molecule has 0 spiro atoms. The lowest BCUT2D eigenvalue weighted by Crippen LogP contribution is -2.44. The maximum atomic E-state index is 12.6. The number of benzene rings is 2. The summed E-state index contributed by atoms with van der Waals surface area (Å²) in [6, 6.07) is 14.2. The molecule has 1 heterocycles. The molecule has 0 saturated carbocycles. The van der Waals surface area contributed by atoms with Gasteiger partial charge in [0, 0.05) is 30.4 Å². The van der Waals surface area contributed by atoms with Crippen LogP contribution in [0, 0.1) is 0 Å². The summed E-state index contributed by atoms with van der Waals surface area (Å²) in [5, 5.41) is 1.53. The summed E-state index contributed by atoms with van der Waals surface area (Å²) in [7, 11) is 3.92. The monoisotopic (exact) mass is 417 g/mol. The van der Waals surface area contributed by atoms with E-state index >= 15 is 0 Å². The smallest absolute Gasteiger partial charge is 0.285 e. The van der Waals surface area contributed by atoms with Gasteiger partial charge in [0.1, 0.15) is 0 Å². The van der Waals surface area contributed by atoms with Crippen LogP contribution in [0.3, 0.4) is 0 Å². The lowest BCUT2D eigenvalue weighted by molar-refractivity contribution is -0.123. The number of nitrogens with one attached hydrogen (secondary N) is 1. The Morgan fingerprint density at radius 3 is 2.56 bits per heavy atom. The Labute approximate surface area is 171 Å². The second-order valence-electron chi connectivity index (χ2n) is 5.95. The molecule has 1 aliphatic heterocycles. The van der Waals surface area contributed by atoms with Gasteiger partial charge in [-0.25, -0.2) is 0 Å². The van der Waals surface area contributed by atoms with Gasteiger partial charge < -0.3 is 4.90 Å². The van der Waals surface area contributed by atoms with Gasteiger partial charge in [0.25, 0.3) is 11.8 Å². The highest BCUT2D eigenvalue weighted by atomic mass is 35.5. The van der Waals surface area contributed by atoms with Crippen LogP contribution >= 0.6 is 35.6 Å². The zero-order chi connectivity index (χ0) is 19.6. The fourth-order valence-electron chi connectivity index (χ4n) is 2.38. The second-order valence-corrected chi connectivity index (χ2v) is 8.07. The highest BCUT2D eigenvalue weighted by molar-refractivity contribution is 8.26. The number of rotatable bonds is 4. The van der Waals surface area contributed by atoms with Crippen LogP contribution in [0.1, 0.15) is 15.9 Å². The molecule has 27 heavy (non-hydrogen) atoms. The summed E-state index contributed by atoms with van der Waals surface area (Å²) in [5.41, 5.74) is 4.83. The van der Waals surface area contributed by atoms with Crippen LogP contribution in [0.15, 0.2) is 53.4 Å². The fraction of sp³-hybridized carbons (Fsp3) is 0.105. The first-order valence-electron chi connectivity index (χ1n) is 7.97. The van der Waals surface area contributed by atoms with Crippen molar-refractivity contribution in [1.82, 2.24) is 10.4 Å². The summed E-state index contributed by atoms with van der Waals surface area (Å²) in [4.78, 5) is 27.4. The molecule has 5 nitrogen and oxygen atoms in total. The molecule has 1 N–H and O–H groups in total. The van der Waals surface area contributed by atoms with E-state index in [1.54, 1.807) is 24.3 Å². The average Bonchev–Trinajstić information content (AvgIpc) is 2.89. The molecule has 0 atom stereocenters. The molecule has 3 rings (SSSR count). The fourth-order valence-corrected chi connectivity index (χ4v) is 3.75. The molecular formula is C19H16ClN3O2S2. The van der Waals surface area contributed by atoms with Crippen molar-refractivity contribution in [3.63, 3.8) is 0 Å². The lowest BCUT2D eigenvalue weighted by atomic mass is 10.2. The van der Waals surface area contributed by atoms with Crippen molar-refractivity contribution in [1.29, 1.82) is 0 Å². The van der Waals surface area contributed by atoms with Gasteiger partial charge in [0.15, 0.2) is 4.32 Å². The van der Waals surface area contributed by atoms with Crippen LogP contribution < -0.4 is 10.3 Å². The van der Waals surface area contributed by atoms with E-state index in [1.165, 1.54) is 6.07 Å². The summed E-state index contributed by atoms with van der Waals surface area (Å²) >= 11 is 12.3. The van der Waals surface area contributed by atoms with Gasteiger partial charge in [-0.1, -0.05) is 41.6 Å². The second kappa shape index (κ2) is 8.12. The van der Waals surface area contributed by atoms with Crippen LogP contribution in [-0.2, 0) is 4.79 Å². The first-order chi connectivity index (χ1) is 12.8. The first-order valence-corrected chi connectivity index (χ1v) is 9.57. The number of amides is 2. The van der Waals surface area contributed by atoms with E-state index in [9.17, 15) is 9.59 Å². The zero-order valence-electron chi connectivity index (χ0n) is 14.6. The van der Waals surface area contributed by atoms with Crippen molar-refractivity contribution in [3.05, 3.63) is 69.6 Å². The molecule has 0 aromatic heterocycles. The molecule has 2 amide bonds. The zero-order valence-corrected chi connectivity index (χ0v) is 17.0. The molecule has 1 saturated heterocycles. The molecule has 0 bridgehead atoms. The molecule has 0 radical (unpaired) electrons. The Morgan fingerprint density at radius 2 is 1.93 bits per heavy atom. The van der Waals surface area contributed by atoms with Crippen molar-refractivity contribution in [2.24, 2.45) is 0 Å². The summed E-state index contributed by atoms with van der Waals surface area (Å²) in [6.45, 7) is 0. The number of nitrogens with zero attached hydrogens (tertiary/aromatic N) is 2. The van der Waals surface area contributed by atoms with Gasteiger partial charge in [-0.05, 0) is 54.2 Å². The maximum Gasteiger partial charge on any atom is 0.285 e. The van der Waals surface area contributed by atoms with E-state index in [0.29, 0.717) is 15.5 Å². The van der Waals surface area contributed by atoms with E-state index < -0.39 is 5.91 Å². The predicted molar refractivity (Wildman–Crippen MR) is 115 cm³/mol. The van der Waals surface area contributed by atoms with Crippen LogP contribution in [0.2, 0.25) is 5.02 Å². The quantitative estimate of drug-likeness (QED) is 0.603. The van der Waals surface area contributed by atoms with Crippen molar-refractivity contribution in [2.75, 3.05) is 19.0 Å². The van der Waals surface area contributed by atoms with E-state index in [0.717, 1.165) is 28.0 Å². The van der Waals surface area contributed by atoms with Crippen LogP contribution in [0.4, 0.5) is 5.69 Å². The number of carbonyl (C=O) groups is 2. The molecule has 138 valence electrons. The summed E-state index contributed by atoms with van der Waals surface area (Å²) in [6.07, 6.45) is 1.75. The molecule has 2 aromatic rings. The Morgan fingerprint density at radius 1 is 1.22 bits per heavy atom. The third kappa shape index (κ3) is 4.50. The Bertz CT molecular complexity index is 942.